The van der Waals surface area contributed by atoms with Gasteiger partial charge in [-0.15, -0.1) is 0 Å². The van der Waals surface area contributed by atoms with Gasteiger partial charge in [-0.3, -0.25) is 4.79 Å². The number of anilines is 1. The number of rotatable bonds is 2. The molecule has 26 heavy (non-hydrogen) atoms. The largest absolute Gasteiger partial charge is 0.372 e. The van der Waals surface area contributed by atoms with Crippen LogP contribution in [0, 0.1) is 23.5 Å². The number of carbonyl (C=O) groups excluding carboxylic acids is 1. The van der Waals surface area contributed by atoms with Crippen LogP contribution in [0.5, 0.6) is 0 Å². The van der Waals surface area contributed by atoms with Gasteiger partial charge in [-0.2, -0.15) is 0 Å². The zero-order valence-corrected chi connectivity index (χ0v) is 14.4. The highest BCUT2D eigenvalue weighted by atomic mass is 19.2. The minimum atomic E-state index is -1.10. The quantitative estimate of drug-likeness (QED) is 0.611. The van der Waals surface area contributed by atoms with Crippen molar-refractivity contribution in [3.8, 4) is 11.8 Å². The van der Waals surface area contributed by atoms with E-state index in [0.717, 1.165) is 0 Å². The van der Waals surface area contributed by atoms with E-state index in [1.54, 1.807) is 11.0 Å². The van der Waals surface area contributed by atoms with Gasteiger partial charge in [0, 0.05) is 31.0 Å². The molecule has 2 heterocycles. The number of nitrogens with zero attached hydrogens (tertiary/aromatic N) is 3. The number of halogens is 2. The standard InChI is InChI=1S/C19H17F2N3O2/c1-12-9-24(10-13(2)26-12)19-15(11-25)8-14(17(20)18(19)21)4-5-16-22-6-3-7-23-16/h3,6-8,11-13H,9-10H2,1-2H3. The van der Waals surface area contributed by atoms with Crippen LogP contribution in [0.2, 0.25) is 0 Å². The van der Waals surface area contributed by atoms with Crippen molar-refractivity contribution < 1.29 is 18.3 Å². The third kappa shape index (κ3) is 3.70. The molecule has 1 saturated heterocycles. The predicted octanol–water partition coefficient (Wildman–Crippen LogP) is 2.58. The molecule has 0 radical (unpaired) electrons. The third-order valence-corrected chi connectivity index (χ3v) is 3.95. The topological polar surface area (TPSA) is 55.3 Å². The molecule has 7 heteroatoms. The Morgan fingerprint density at radius 1 is 1.15 bits per heavy atom. The zero-order chi connectivity index (χ0) is 18.7. The number of hydrogen-bond acceptors (Lipinski definition) is 5. The summed E-state index contributed by atoms with van der Waals surface area (Å²) in [4.78, 5) is 20.9. The van der Waals surface area contributed by atoms with Gasteiger partial charge in [0.05, 0.1) is 23.5 Å². The minimum Gasteiger partial charge on any atom is -0.372 e. The number of hydrogen-bond donors (Lipinski definition) is 0. The van der Waals surface area contributed by atoms with E-state index in [1.807, 2.05) is 13.8 Å². The Hall–Kier alpha value is -2.85. The molecule has 0 amide bonds. The van der Waals surface area contributed by atoms with Gasteiger partial charge in [0.1, 0.15) is 0 Å². The maximum atomic E-state index is 14.8. The molecule has 2 unspecified atom stereocenters. The number of aromatic nitrogens is 2. The van der Waals surface area contributed by atoms with Crippen molar-refractivity contribution in [1.29, 1.82) is 0 Å². The molecule has 3 rings (SSSR count). The maximum absolute atomic E-state index is 14.8. The Morgan fingerprint density at radius 3 is 2.42 bits per heavy atom. The Labute approximate surface area is 150 Å². The Balaban J connectivity index is 2.02. The van der Waals surface area contributed by atoms with Gasteiger partial charge < -0.3 is 9.64 Å². The average Bonchev–Trinajstić information content (AvgIpc) is 2.62. The molecule has 1 aliphatic rings. The smallest absolute Gasteiger partial charge is 0.205 e. The van der Waals surface area contributed by atoms with Crippen LogP contribution in [-0.4, -0.2) is 41.6 Å². The summed E-state index contributed by atoms with van der Waals surface area (Å²) in [7, 11) is 0. The Kier molecular flexibility index (Phi) is 5.24. The van der Waals surface area contributed by atoms with E-state index in [-0.39, 0.29) is 34.8 Å². The molecule has 1 aromatic heterocycles. The molecule has 2 aromatic rings. The molecule has 1 aromatic carbocycles. The first-order valence-electron chi connectivity index (χ1n) is 8.16. The molecule has 0 aliphatic carbocycles. The molecule has 0 spiro atoms. The molecule has 5 nitrogen and oxygen atoms in total. The van der Waals surface area contributed by atoms with E-state index in [4.69, 9.17) is 4.74 Å². The summed E-state index contributed by atoms with van der Waals surface area (Å²) >= 11 is 0. The normalized spacial score (nSPS) is 19.6. The first-order chi connectivity index (χ1) is 12.5. The SMILES string of the molecule is CC1CN(c2c(C=O)cc(C#Cc3ncccn3)c(F)c2F)CC(C)O1. The first-order valence-corrected chi connectivity index (χ1v) is 8.16. The summed E-state index contributed by atoms with van der Waals surface area (Å²) < 4.78 is 34.9. The number of morpholine rings is 1. The van der Waals surface area contributed by atoms with Gasteiger partial charge in [-0.25, -0.2) is 18.7 Å². The van der Waals surface area contributed by atoms with E-state index in [2.05, 4.69) is 21.8 Å². The van der Waals surface area contributed by atoms with E-state index in [9.17, 15) is 13.6 Å². The second-order valence-corrected chi connectivity index (χ2v) is 6.09. The Morgan fingerprint density at radius 2 is 1.81 bits per heavy atom. The lowest BCUT2D eigenvalue weighted by molar-refractivity contribution is -0.00547. The van der Waals surface area contributed by atoms with Gasteiger partial charge in [-0.1, -0.05) is 5.92 Å². The summed E-state index contributed by atoms with van der Waals surface area (Å²) in [5.41, 5.74) is -0.223. The summed E-state index contributed by atoms with van der Waals surface area (Å²) in [5.74, 6) is 3.06. The lowest BCUT2D eigenvalue weighted by Crippen LogP contribution is -2.46. The summed E-state index contributed by atoms with van der Waals surface area (Å²) in [5, 5.41) is 0. The fourth-order valence-corrected chi connectivity index (χ4v) is 2.99. The summed E-state index contributed by atoms with van der Waals surface area (Å²) in [6, 6.07) is 2.87. The molecule has 134 valence electrons. The van der Waals surface area contributed by atoms with Gasteiger partial charge in [0.25, 0.3) is 0 Å². The van der Waals surface area contributed by atoms with Gasteiger partial charge in [0.2, 0.25) is 5.82 Å². The highest BCUT2D eigenvalue weighted by Crippen LogP contribution is 2.30. The molecular weight excluding hydrogens is 340 g/mol. The minimum absolute atomic E-state index is 0.0449. The van der Waals surface area contributed by atoms with Crippen LogP contribution in [0.15, 0.2) is 24.5 Å². The van der Waals surface area contributed by atoms with E-state index in [1.165, 1.54) is 18.5 Å². The number of carbonyl (C=O) groups is 1. The Bertz CT molecular complexity index is 868. The molecule has 0 saturated carbocycles. The fraction of sp³-hybridized carbons (Fsp3) is 0.316. The second kappa shape index (κ2) is 7.58. The van der Waals surface area contributed by atoms with Gasteiger partial charge >= 0.3 is 0 Å². The summed E-state index contributed by atoms with van der Waals surface area (Å²) in [6.07, 6.45) is 3.18. The molecule has 2 atom stereocenters. The van der Waals surface area contributed by atoms with Crippen molar-refractivity contribution in [2.24, 2.45) is 0 Å². The third-order valence-electron chi connectivity index (χ3n) is 3.95. The maximum Gasteiger partial charge on any atom is 0.205 e. The van der Waals surface area contributed by atoms with Crippen molar-refractivity contribution in [3.05, 3.63) is 53.1 Å². The molecular formula is C19H17F2N3O2. The zero-order valence-electron chi connectivity index (χ0n) is 14.4. The monoisotopic (exact) mass is 357 g/mol. The highest BCUT2D eigenvalue weighted by Gasteiger charge is 2.28. The van der Waals surface area contributed by atoms with E-state index >= 15 is 0 Å². The van der Waals surface area contributed by atoms with Crippen LogP contribution < -0.4 is 4.90 Å². The van der Waals surface area contributed by atoms with Crippen molar-refractivity contribution in [1.82, 2.24) is 9.97 Å². The summed E-state index contributed by atoms with van der Waals surface area (Å²) in [6.45, 7) is 4.42. The van der Waals surface area contributed by atoms with Crippen molar-refractivity contribution >= 4 is 12.0 Å². The van der Waals surface area contributed by atoms with Crippen LogP contribution in [-0.2, 0) is 4.74 Å². The lowest BCUT2D eigenvalue weighted by Gasteiger charge is -2.37. The average molecular weight is 357 g/mol. The second-order valence-electron chi connectivity index (χ2n) is 6.09. The van der Waals surface area contributed by atoms with Crippen LogP contribution in [0.25, 0.3) is 0 Å². The number of aldehydes is 1. The molecule has 0 N–H and O–H groups in total. The molecule has 1 fully saturated rings. The van der Waals surface area contributed by atoms with Gasteiger partial charge in [-0.05, 0) is 31.9 Å². The van der Waals surface area contributed by atoms with Crippen LogP contribution in [0.4, 0.5) is 14.5 Å². The van der Waals surface area contributed by atoms with Crippen LogP contribution >= 0.6 is 0 Å². The number of benzene rings is 1. The van der Waals surface area contributed by atoms with Crippen LogP contribution in [0.1, 0.15) is 35.6 Å². The predicted molar refractivity (Wildman–Crippen MR) is 92.0 cm³/mol. The van der Waals surface area contributed by atoms with Crippen LogP contribution in [0.3, 0.4) is 0 Å². The number of ether oxygens (including phenoxy) is 1. The molecule has 1 aliphatic heterocycles. The first kappa shape index (κ1) is 18.0. The van der Waals surface area contributed by atoms with Crippen molar-refractivity contribution in [2.75, 3.05) is 18.0 Å². The fourth-order valence-electron chi connectivity index (χ4n) is 2.99. The van der Waals surface area contributed by atoms with E-state index < -0.39 is 11.6 Å². The van der Waals surface area contributed by atoms with Crippen molar-refractivity contribution in [2.45, 2.75) is 26.1 Å². The van der Waals surface area contributed by atoms with E-state index in [0.29, 0.717) is 19.4 Å². The van der Waals surface area contributed by atoms with Crippen molar-refractivity contribution in [3.63, 3.8) is 0 Å². The lowest BCUT2D eigenvalue weighted by atomic mass is 10.1. The highest BCUT2D eigenvalue weighted by molar-refractivity contribution is 5.86. The molecule has 0 bridgehead atoms. The van der Waals surface area contributed by atoms with Gasteiger partial charge in [0.15, 0.2) is 17.9 Å².